The van der Waals surface area contributed by atoms with Crippen LogP contribution < -0.4 is 5.73 Å². The molecule has 0 saturated heterocycles. The smallest absolute Gasteiger partial charge is 0.166 e. The SMILES string of the molecule is N[C@]1(O)c2ccccc2C[C@H]1O. The summed E-state index contributed by atoms with van der Waals surface area (Å²) in [5.41, 5.74) is 5.54. The fraction of sp³-hybridized carbons (Fsp3) is 0.333. The highest BCUT2D eigenvalue weighted by molar-refractivity contribution is 5.38. The summed E-state index contributed by atoms with van der Waals surface area (Å²) in [6.45, 7) is 0. The van der Waals surface area contributed by atoms with Crippen LogP contribution >= 0.6 is 0 Å². The van der Waals surface area contributed by atoms with Crippen molar-refractivity contribution in [2.75, 3.05) is 0 Å². The van der Waals surface area contributed by atoms with E-state index in [4.69, 9.17) is 5.73 Å². The van der Waals surface area contributed by atoms with E-state index < -0.39 is 11.8 Å². The number of nitrogens with two attached hydrogens (primary N) is 1. The van der Waals surface area contributed by atoms with Crippen LogP contribution in [0.4, 0.5) is 0 Å². The number of aliphatic hydroxyl groups excluding tert-OH is 1. The first-order valence-electron chi connectivity index (χ1n) is 3.90. The second kappa shape index (κ2) is 2.29. The van der Waals surface area contributed by atoms with Gasteiger partial charge in [0.25, 0.3) is 0 Å². The summed E-state index contributed by atoms with van der Waals surface area (Å²) >= 11 is 0. The van der Waals surface area contributed by atoms with Crippen molar-refractivity contribution in [1.82, 2.24) is 0 Å². The molecule has 0 fully saturated rings. The zero-order valence-electron chi connectivity index (χ0n) is 6.57. The van der Waals surface area contributed by atoms with Crippen LogP contribution in [-0.4, -0.2) is 16.3 Å². The average molecular weight is 165 g/mol. The van der Waals surface area contributed by atoms with Crippen LogP contribution in [0.3, 0.4) is 0 Å². The Bertz CT molecular complexity index is 309. The van der Waals surface area contributed by atoms with E-state index in [1.807, 2.05) is 12.1 Å². The van der Waals surface area contributed by atoms with Crippen molar-refractivity contribution in [3.8, 4) is 0 Å². The summed E-state index contributed by atoms with van der Waals surface area (Å²) in [6.07, 6.45) is -0.446. The molecule has 0 spiro atoms. The van der Waals surface area contributed by atoms with E-state index in [1.165, 1.54) is 0 Å². The summed E-state index contributed by atoms with van der Waals surface area (Å²) in [5, 5.41) is 19.0. The maximum atomic E-state index is 9.64. The van der Waals surface area contributed by atoms with Gasteiger partial charge in [-0.05, 0) is 5.56 Å². The van der Waals surface area contributed by atoms with Crippen LogP contribution in [-0.2, 0) is 12.1 Å². The van der Waals surface area contributed by atoms with Crippen LogP contribution in [0.5, 0.6) is 0 Å². The average Bonchev–Trinajstić information content (AvgIpc) is 2.25. The topological polar surface area (TPSA) is 66.5 Å². The van der Waals surface area contributed by atoms with Crippen LogP contribution in [0.15, 0.2) is 24.3 Å². The highest BCUT2D eigenvalue weighted by atomic mass is 16.4. The molecule has 2 atom stereocenters. The molecule has 0 unspecified atom stereocenters. The normalized spacial score (nSPS) is 33.4. The van der Waals surface area contributed by atoms with E-state index >= 15 is 0 Å². The molecule has 0 aromatic heterocycles. The van der Waals surface area contributed by atoms with Gasteiger partial charge in [0.15, 0.2) is 5.72 Å². The van der Waals surface area contributed by atoms with Gasteiger partial charge in [0.1, 0.15) is 6.10 Å². The maximum absolute atomic E-state index is 9.64. The van der Waals surface area contributed by atoms with Crippen molar-refractivity contribution in [2.45, 2.75) is 18.2 Å². The van der Waals surface area contributed by atoms with Gasteiger partial charge in [-0.15, -0.1) is 0 Å². The van der Waals surface area contributed by atoms with Crippen molar-refractivity contribution < 1.29 is 10.2 Å². The molecule has 0 bridgehead atoms. The molecular weight excluding hydrogens is 154 g/mol. The molecule has 12 heavy (non-hydrogen) atoms. The van der Waals surface area contributed by atoms with E-state index in [9.17, 15) is 10.2 Å². The first kappa shape index (κ1) is 7.73. The lowest BCUT2D eigenvalue weighted by Gasteiger charge is -2.21. The predicted octanol–water partition coefficient (Wildman–Crippen LogP) is -0.293. The number of hydrogen-bond donors (Lipinski definition) is 3. The molecule has 0 saturated carbocycles. The number of fused-ring (bicyclic) bond motifs is 1. The van der Waals surface area contributed by atoms with Gasteiger partial charge in [0, 0.05) is 12.0 Å². The molecule has 0 amide bonds. The lowest BCUT2D eigenvalue weighted by atomic mass is 10.1. The largest absolute Gasteiger partial charge is 0.388 e. The van der Waals surface area contributed by atoms with Gasteiger partial charge in [-0.3, -0.25) is 5.73 Å². The summed E-state index contributed by atoms with van der Waals surface area (Å²) < 4.78 is 0. The molecule has 0 aliphatic heterocycles. The predicted molar refractivity (Wildman–Crippen MR) is 44.2 cm³/mol. The van der Waals surface area contributed by atoms with Gasteiger partial charge in [0.2, 0.25) is 0 Å². The first-order chi connectivity index (χ1) is 5.62. The molecule has 1 aliphatic carbocycles. The summed E-state index contributed by atoms with van der Waals surface area (Å²) in [5.74, 6) is 0. The minimum Gasteiger partial charge on any atom is -0.388 e. The molecule has 1 aliphatic rings. The molecule has 4 N–H and O–H groups in total. The molecule has 2 rings (SSSR count). The highest BCUT2D eigenvalue weighted by Gasteiger charge is 2.40. The fourth-order valence-electron chi connectivity index (χ4n) is 1.63. The molecule has 3 heteroatoms. The minimum atomic E-state index is -1.56. The van der Waals surface area contributed by atoms with Gasteiger partial charge >= 0.3 is 0 Å². The third kappa shape index (κ3) is 0.876. The van der Waals surface area contributed by atoms with Crippen LogP contribution in [0.1, 0.15) is 11.1 Å². The van der Waals surface area contributed by atoms with E-state index in [0.29, 0.717) is 12.0 Å². The highest BCUT2D eigenvalue weighted by Crippen LogP contribution is 2.32. The van der Waals surface area contributed by atoms with E-state index in [1.54, 1.807) is 12.1 Å². The Hall–Kier alpha value is -0.900. The molecule has 1 aromatic carbocycles. The Balaban J connectivity index is 2.55. The van der Waals surface area contributed by atoms with E-state index in [2.05, 4.69) is 0 Å². The van der Waals surface area contributed by atoms with Gasteiger partial charge < -0.3 is 10.2 Å². The third-order valence-corrected chi connectivity index (χ3v) is 2.37. The van der Waals surface area contributed by atoms with Crippen molar-refractivity contribution in [3.63, 3.8) is 0 Å². The van der Waals surface area contributed by atoms with Gasteiger partial charge in [-0.25, -0.2) is 0 Å². The Labute approximate surface area is 70.4 Å². The summed E-state index contributed by atoms with van der Waals surface area (Å²) in [6, 6.07) is 7.27. The monoisotopic (exact) mass is 165 g/mol. The second-order valence-corrected chi connectivity index (χ2v) is 3.20. The van der Waals surface area contributed by atoms with Crippen LogP contribution in [0.25, 0.3) is 0 Å². The van der Waals surface area contributed by atoms with Gasteiger partial charge in [-0.2, -0.15) is 0 Å². The molecular formula is C9H11NO2. The third-order valence-electron chi connectivity index (χ3n) is 2.37. The Kier molecular flexibility index (Phi) is 1.48. The van der Waals surface area contributed by atoms with E-state index in [0.717, 1.165) is 5.56 Å². The Morgan fingerprint density at radius 1 is 1.42 bits per heavy atom. The zero-order valence-corrected chi connectivity index (χ0v) is 6.57. The van der Waals surface area contributed by atoms with Crippen molar-refractivity contribution in [3.05, 3.63) is 35.4 Å². The molecule has 0 heterocycles. The summed E-state index contributed by atoms with van der Waals surface area (Å²) in [4.78, 5) is 0. The Morgan fingerprint density at radius 2 is 2.08 bits per heavy atom. The second-order valence-electron chi connectivity index (χ2n) is 3.20. The molecule has 3 nitrogen and oxygen atoms in total. The van der Waals surface area contributed by atoms with Gasteiger partial charge in [-0.1, -0.05) is 24.3 Å². The quantitative estimate of drug-likeness (QED) is 0.463. The van der Waals surface area contributed by atoms with Crippen molar-refractivity contribution >= 4 is 0 Å². The van der Waals surface area contributed by atoms with Crippen LogP contribution in [0.2, 0.25) is 0 Å². The first-order valence-corrected chi connectivity index (χ1v) is 3.90. The number of aliphatic hydroxyl groups is 2. The Morgan fingerprint density at radius 3 is 2.75 bits per heavy atom. The fourth-order valence-corrected chi connectivity index (χ4v) is 1.63. The van der Waals surface area contributed by atoms with Crippen molar-refractivity contribution in [1.29, 1.82) is 0 Å². The number of hydrogen-bond acceptors (Lipinski definition) is 3. The lowest BCUT2D eigenvalue weighted by Crippen LogP contribution is -2.44. The zero-order chi connectivity index (χ0) is 8.77. The standard InChI is InChI=1S/C9H11NO2/c10-9(12)7-4-2-1-3-6(7)5-8(9)11/h1-4,8,11-12H,5,10H2/t8-,9+/m1/s1. The minimum absolute atomic E-state index is 0.434. The number of benzene rings is 1. The number of rotatable bonds is 0. The molecule has 1 aromatic rings. The molecule has 0 radical (unpaired) electrons. The maximum Gasteiger partial charge on any atom is 0.166 e. The van der Waals surface area contributed by atoms with E-state index in [-0.39, 0.29) is 0 Å². The van der Waals surface area contributed by atoms with Crippen molar-refractivity contribution in [2.24, 2.45) is 5.73 Å². The summed E-state index contributed by atoms with van der Waals surface area (Å²) in [7, 11) is 0. The lowest BCUT2D eigenvalue weighted by molar-refractivity contribution is -0.0627. The molecule has 64 valence electrons. The van der Waals surface area contributed by atoms with Crippen LogP contribution in [0, 0.1) is 0 Å². The van der Waals surface area contributed by atoms with Gasteiger partial charge in [0.05, 0.1) is 0 Å².